The zero-order valence-electron chi connectivity index (χ0n) is 10.9. The molecule has 3 rings (SSSR count). The van der Waals surface area contributed by atoms with Gasteiger partial charge < -0.3 is 9.84 Å². The van der Waals surface area contributed by atoms with Gasteiger partial charge in [-0.3, -0.25) is 0 Å². The number of aliphatic hydroxyl groups is 1. The van der Waals surface area contributed by atoms with E-state index in [4.69, 9.17) is 4.74 Å². The molecule has 0 saturated carbocycles. The molecule has 1 aromatic heterocycles. The number of pyridine rings is 1. The van der Waals surface area contributed by atoms with E-state index in [9.17, 15) is 13.9 Å². The molecule has 21 heavy (non-hydrogen) atoms. The summed E-state index contributed by atoms with van der Waals surface area (Å²) in [5, 5.41) is 10.3. The summed E-state index contributed by atoms with van der Waals surface area (Å²) in [6, 6.07) is 12.3. The molecule has 0 atom stereocenters. The minimum Gasteiger partial charge on any atom is -0.439 e. The van der Waals surface area contributed by atoms with Crippen LogP contribution < -0.4 is 4.74 Å². The van der Waals surface area contributed by atoms with Crippen molar-refractivity contribution < 1.29 is 18.6 Å². The van der Waals surface area contributed by atoms with E-state index in [0.717, 1.165) is 17.5 Å². The lowest BCUT2D eigenvalue weighted by molar-refractivity contribution is 0.275. The first-order chi connectivity index (χ1) is 10.2. The Balaban J connectivity index is 2.04. The van der Waals surface area contributed by atoms with Crippen LogP contribution >= 0.6 is 0 Å². The molecule has 3 nitrogen and oxygen atoms in total. The molecule has 1 N–H and O–H groups in total. The van der Waals surface area contributed by atoms with Crippen molar-refractivity contribution in [2.75, 3.05) is 0 Å². The number of aliphatic hydroxyl groups excluding tert-OH is 1. The van der Waals surface area contributed by atoms with Gasteiger partial charge in [-0.2, -0.15) is 0 Å². The van der Waals surface area contributed by atoms with Gasteiger partial charge in [-0.1, -0.05) is 18.2 Å². The number of hydrogen-bond acceptors (Lipinski definition) is 3. The molecule has 0 radical (unpaired) electrons. The number of benzene rings is 2. The number of nitrogens with zero attached hydrogens (tertiary/aromatic N) is 1. The molecule has 0 aliphatic carbocycles. The van der Waals surface area contributed by atoms with Crippen LogP contribution in [0.3, 0.4) is 0 Å². The van der Waals surface area contributed by atoms with Gasteiger partial charge in [-0.05, 0) is 24.3 Å². The van der Waals surface area contributed by atoms with Crippen molar-refractivity contribution >= 4 is 10.9 Å². The second-order valence-electron chi connectivity index (χ2n) is 4.48. The summed E-state index contributed by atoms with van der Waals surface area (Å²) in [6.45, 7) is -0.267. The SMILES string of the molecule is OCc1cc2ccccc2nc1Oc1ccc(F)c(F)c1. The van der Waals surface area contributed by atoms with Gasteiger partial charge >= 0.3 is 0 Å². The molecule has 0 bridgehead atoms. The fourth-order valence-electron chi connectivity index (χ4n) is 2.00. The highest BCUT2D eigenvalue weighted by Crippen LogP contribution is 2.27. The first kappa shape index (κ1) is 13.5. The Hall–Kier alpha value is -2.53. The standard InChI is InChI=1S/C16H11F2NO2/c17-13-6-5-12(8-14(13)18)21-16-11(9-20)7-10-3-1-2-4-15(10)19-16/h1-8,20H,9H2. The zero-order valence-corrected chi connectivity index (χ0v) is 10.9. The highest BCUT2D eigenvalue weighted by atomic mass is 19.2. The number of rotatable bonds is 3. The summed E-state index contributed by atoms with van der Waals surface area (Å²) in [4.78, 5) is 4.29. The summed E-state index contributed by atoms with van der Waals surface area (Å²) in [5.41, 5.74) is 1.16. The first-order valence-corrected chi connectivity index (χ1v) is 6.30. The van der Waals surface area contributed by atoms with Gasteiger partial charge in [0.2, 0.25) is 5.88 Å². The van der Waals surface area contributed by atoms with Crippen molar-refractivity contribution in [2.45, 2.75) is 6.61 Å². The van der Waals surface area contributed by atoms with Crippen molar-refractivity contribution in [3.63, 3.8) is 0 Å². The minimum absolute atomic E-state index is 0.117. The molecule has 0 saturated heterocycles. The molecular formula is C16H11F2NO2. The van der Waals surface area contributed by atoms with Gasteiger partial charge in [0.05, 0.1) is 12.1 Å². The van der Waals surface area contributed by atoms with Crippen LogP contribution in [0.15, 0.2) is 48.5 Å². The number of para-hydroxylation sites is 1. The van der Waals surface area contributed by atoms with Gasteiger partial charge in [-0.25, -0.2) is 13.8 Å². The van der Waals surface area contributed by atoms with Crippen molar-refractivity contribution in [1.82, 2.24) is 4.98 Å². The van der Waals surface area contributed by atoms with E-state index < -0.39 is 11.6 Å². The van der Waals surface area contributed by atoms with Crippen LogP contribution in [0.25, 0.3) is 10.9 Å². The molecular weight excluding hydrogens is 276 g/mol. The van der Waals surface area contributed by atoms with Gasteiger partial charge in [0.1, 0.15) is 5.75 Å². The Morgan fingerprint density at radius 1 is 1.00 bits per heavy atom. The lowest BCUT2D eigenvalue weighted by Crippen LogP contribution is -1.96. The fourth-order valence-corrected chi connectivity index (χ4v) is 2.00. The van der Waals surface area contributed by atoms with Crippen molar-refractivity contribution in [1.29, 1.82) is 0 Å². The Kier molecular flexibility index (Phi) is 3.50. The van der Waals surface area contributed by atoms with E-state index in [1.807, 2.05) is 18.2 Å². The highest BCUT2D eigenvalue weighted by Gasteiger charge is 2.10. The smallest absolute Gasteiger partial charge is 0.225 e. The maximum absolute atomic E-state index is 13.2. The summed E-state index contributed by atoms with van der Waals surface area (Å²) >= 11 is 0. The monoisotopic (exact) mass is 287 g/mol. The van der Waals surface area contributed by atoms with E-state index in [-0.39, 0.29) is 18.2 Å². The van der Waals surface area contributed by atoms with E-state index in [1.54, 1.807) is 12.1 Å². The molecule has 0 amide bonds. The number of aromatic nitrogens is 1. The Bertz CT molecular complexity index is 805. The second-order valence-corrected chi connectivity index (χ2v) is 4.48. The molecule has 0 aliphatic rings. The molecule has 0 spiro atoms. The number of fused-ring (bicyclic) bond motifs is 1. The maximum atomic E-state index is 13.2. The average Bonchev–Trinajstić information content (AvgIpc) is 2.50. The predicted octanol–water partition coefficient (Wildman–Crippen LogP) is 3.80. The number of halogens is 2. The highest BCUT2D eigenvalue weighted by molar-refractivity contribution is 5.80. The van der Waals surface area contributed by atoms with E-state index in [1.165, 1.54) is 6.07 Å². The van der Waals surface area contributed by atoms with Crippen LogP contribution in [0.1, 0.15) is 5.56 Å². The average molecular weight is 287 g/mol. The van der Waals surface area contributed by atoms with Gasteiger partial charge in [0.15, 0.2) is 11.6 Å². The van der Waals surface area contributed by atoms with Crippen molar-refractivity contribution in [2.24, 2.45) is 0 Å². The predicted molar refractivity (Wildman–Crippen MR) is 74.1 cm³/mol. The van der Waals surface area contributed by atoms with E-state index >= 15 is 0 Å². The number of ether oxygens (including phenoxy) is 1. The van der Waals surface area contributed by atoms with Crippen LogP contribution in [0.5, 0.6) is 11.6 Å². The quantitative estimate of drug-likeness (QED) is 0.796. The van der Waals surface area contributed by atoms with Crippen molar-refractivity contribution in [3.8, 4) is 11.6 Å². The molecule has 0 fully saturated rings. The molecule has 0 aliphatic heterocycles. The van der Waals surface area contributed by atoms with E-state index in [2.05, 4.69) is 4.98 Å². The van der Waals surface area contributed by atoms with Crippen LogP contribution in [-0.4, -0.2) is 10.1 Å². The Morgan fingerprint density at radius 2 is 1.81 bits per heavy atom. The summed E-state index contributed by atoms with van der Waals surface area (Å²) in [6.07, 6.45) is 0. The normalized spacial score (nSPS) is 10.8. The fraction of sp³-hybridized carbons (Fsp3) is 0.0625. The Labute approximate surface area is 119 Å². The van der Waals surface area contributed by atoms with Crippen molar-refractivity contribution in [3.05, 3.63) is 65.7 Å². The largest absolute Gasteiger partial charge is 0.439 e. The summed E-state index contributed by atoms with van der Waals surface area (Å²) in [7, 11) is 0. The maximum Gasteiger partial charge on any atom is 0.225 e. The third kappa shape index (κ3) is 2.68. The molecule has 5 heteroatoms. The molecule has 1 heterocycles. The topological polar surface area (TPSA) is 42.4 Å². The zero-order chi connectivity index (χ0) is 14.8. The molecule has 2 aromatic carbocycles. The first-order valence-electron chi connectivity index (χ1n) is 6.30. The molecule has 3 aromatic rings. The lowest BCUT2D eigenvalue weighted by Gasteiger charge is -2.10. The molecule has 106 valence electrons. The van der Waals surface area contributed by atoms with Gasteiger partial charge in [-0.15, -0.1) is 0 Å². The van der Waals surface area contributed by atoms with Crippen LogP contribution in [0.4, 0.5) is 8.78 Å². The van der Waals surface area contributed by atoms with Crippen LogP contribution in [-0.2, 0) is 6.61 Å². The van der Waals surface area contributed by atoms with Gasteiger partial charge in [0.25, 0.3) is 0 Å². The summed E-state index contributed by atoms with van der Waals surface area (Å²) in [5.74, 6) is -1.66. The Morgan fingerprint density at radius 3 is 2.57 bits per heavy atom. The molecule has 0 unspecified atom stereocenters. The lowest BCUT2D eigenvalue weighted by atomic mass is 10.1. The summed E-state index contributed by atoms with van der Waals surface area (Å²) < 4.78 is 31.6. The third-order valence-corrected chi connectivity index (χ3v) is 3.04. The van der Waals surface area contributed by atoms with Crippen LogP contribution in [0, 0.1) is 11.6 Å². The van der Waals surface area contributed by atoms with Gasteiger partial charge in [0, 0.05) is 17.0 Å². The number of hydrogen-bond donors (Lipinski definition) is 1. The minimum atomic E-state index is -1.00. The van der Waals surface area contributed by atoms with Crippen LogP contribution in [0.2, 0.25) is 0 Å². The third-order valence-electron chi connectivity index (χ3n) is 3.04. The second kappa shape index (κ2) is 5.46. The van der Waals surface area contributed by atoms with E-state index in [0.29, 0.717) is 11.1 Å².